The van der Waals surface area contributed by atoms with Crippen LogP contribution in [0.25, 0.3) is 5.52 Å². The van der Waals surface area contributed by atoms with Gasteiger partial charge in [0.1, 0.15) is 6.04 Å². The van der Waals surface area contributed by atoms with Crippen molar-refractivity contribution in [1.82, 2.24) is 29.5 Å². The molecule has 1 N–H and O–H groups in total. The fourth-order valence-corrected chi connectivity index (χ4v) is 3.91. The molecule has 10 heteroatoms. The molecule has 1 atom stereocenters. The summed E-state index contributed by atoms with van der Waals surface area (Å²) in [6.45, 7) is 4.59. The standard InChI is InChI=1S/C21H20F2N6O2/c1-11-18(31-20(26-11)21(2,3)23)19(30)28-8-7-13-16(25-10-24-13)17(28)14-9-12-5-4-6-15(22)29(12)27-14/h4-6,9-10,17H,7-8H2,1-3H3,(H,24,25). The van der Waals surface area contributed by atoms with Crippen LogP contribution in [0.15, 0.2) is 35.0 Å². The molecule has 1 aliphatic rings. The normalized spacial score (nSPS) is 16.7. The molecule has 0 fully saturated rings. The zero-order valence-corrected chi connectivity index (χ0v) is 17.2. The van der Waals surface area contributed by atoms with E-state index in [2.05, 4.69) is 20.1 Å². The fraction of sp³-hybridized carbons (Fsp3) is 0.333. The Morgan fingerprint density at radius 3 is 2.87 bits per heavy atom. The number of rotatable bonds is 3. The molecular weight excluding hydrogens is 406 g/mol. The molecule has 0 radical (unpaired) electrons. The van der Waals surface area contributed by atoms with Gasteiger partial charge in [-0.1, -0.05) is 6.07 Å². The van der Waals surface area contributed by atoms with Crippen LogP contribution < -0.4 is 0 Å². The topological polar surface area (TPSA) is 92.3 Å². The van der Waals surface area contributed by atoms with Crippen molar-refractivity contribution < 1.29 is 18.0 Å². The van der Waals surface area contributed by atoms with Crippen molar-refractivity contribution in [1.29, 1.82) is 0 Å². The Morgan fingerprint density at radius 1 is 1.35 bits per heavy atom. The smallest absolute Gasteiger partial charge is 0.292 e. The maximum Gasteiger partial charge on any atom is 0.292 e. The first-order chi connectivity index (χ1) is 14.7. The number of aryl methyl sites for hydroxylation is 1. The number of carbonyl (C=O) groups is 1. The van der Waals surface area contributed by atoms with Crippen LogP contribution in [0.2, 0.25) is 0 Å². The monoisotopic (exact) mass is 426 g/mol. The Balaban J connectivity index is 1.61. The van der Waals surface area contributed by atoms with Crippen molar-refractivity contribution in [2.75, 3.05) is 6.54 Å². The van der Waals surface area contributed by atoms with Gasteiger partial charge in [0, 0.05) is 18.7 Å². The van der Waals surface area contributed by atoms with Gasteiger partial charge in [-0.25, -0.2) is 18.9 Å². The van der Waals surface area contributed by atoms with Crippen molar-refractivity contribution >= 4 is 11.4 Å². The molecule has 1 unspecified atom stereocenters. The van der Waals surface area contributed by atoms with Crippen LogP contribution >= 0.6 is 0 Å². The van der Waals surface area contributed by atoms with Gasteiger partial charge in [-0.3, -0.25) is 4.79 Å². The zero-order chi connectivity index (χ0) is 21.9. The number of carbonyl (C=O) groups excluding carboxylic acids is 1. The van der Waals surface area contributed by atoms with Crippen molar-refractivity contribution in [2.24, 2.45) is 0 Å². The van der Waals surface area contributed by atoms with E-state index in [0.29, 0.717) is 35.6 Å². The van der Waals surface area contributed by atoms with E-state index in [1.165, 1.54) is 24.4 Å². The van der Waals surface area contributed by atoms with Crippen LogP contribution in [0.1, 0.15) is 59.1 Å². The minimum absolute atomic E-state index is 0.0281. The van der Waals surface area contributed by atoms with Gasteiger partial charge in [0.05, 0.1) is 28.9 Å². The molecule has 0 spiro atoms. The number of halogens is 2. The average molecular weight is 426 g/mol. The Morgan fingerprint density at radius 2 is 2.16 bits per heavy atom. The summed E-state index contributed by atoms with van der Waals surface area (Å²) in [6, 6.07) is 5.70. The Labute approximate surface area is 175 Å². The second-order valence-corrected chi connectivity index (χ2v) is 8.08. The van der Waals surface area contributed by atoms with Crippen molar-refractivity contribution in [3.05, 3.63) is 71.0 Å². The molecular formula is C21H20F2N6O2. The van der Waals surface area contributed by atoms with Crippen LogP contribution in [-0.2, 0) is 12.1 Å². The number of nitrogens with zero attached hydrogens (tertiary/aromatic N) is 5. The Bertz CT molecular complexity index is 1300. The molecule has 31 heavy (non-hydrogen) atoms. The number of fused-ring (bicyclic) bond motifs is 2. The lowest BCUT2D eigenvalue weighted by Crippen LogP contribution is -2.41. The third-order valence-electron chi connectivity index (χ3n) is 5.42. The number of amides is 1. The first-order valence-corrected chi connectivity index (χ1v) is 9.88. The SMILES string of the molecule is Cc1nc(C(C)(C)F)oc1C(=O)N1CCc2[nH]cnc2C1c1cc2cccc(F)n2n1. The number of hydrogen-bond donors (Lipinski definition) is 1. The Hall–Kier alpha value is -3.56. The average Bonchev–Trinajstić information content (AvgIpc) is 3.44. The van der Waals surface area contributed by atoms with E-state index >= 15 is 0 Å². The van der Waals surface area contributed by atoms with Gasteiger partial charge in [-0.2, -0.15) is 9.49 Å². The predicted octanol–water partition coefficient (Wildman–Crippen LogP) is 3.49. The van der Waals surface area contributed by atoms with Crippen molar-refractivity contribution in [3.63, 3.8) is 0 Å². The summed E-state index contributed by atoms with van der Waals surface area (Å²) in [7, 11) is 0. The van der Waals surface area contributed by atoms with E-state index in [9.17, 15) is 13.6 Å². The Kier molecular flexibility index (Phi) is 4.21. The summed E-state index contributed by atoms with van der Waals surface area (Å²) in [4.78, 5) is 26.6. The molecule has 0 aliphatic carbocycles. The molecule has 0 saturated heterocycles. The highest BCUT2D eigenvalue weighted by molar-refractivity contribution is 5.93. The third-order valence-corrected chi connectivity index (χ3v) is 5.42. The highest BCUT2D eigenvalue weighted by atomic mass is 19.1. The molecule has 5 rings (SSSR count). The van der Waals surface area contributed by atoms with Crippen LogP contribution in [0, 0.1) is 12.9 Å². The molecule has 1 amide bonds. The number of aromatic nitrogens is 5. The van der Waals surface area contributed by atoms with Gasteiger partial charge in [0.15, 0.2) is 5.67 Å². The number of nitrogens with one attached hydrogen (secondary N) is 1. The molecule has 8 nitrogen and oxygen atoms in total. The van der Waals surface area contributed by atoms with Crippen LogP contribution in [0.5, 0.6) is 0 Å². The maximum absolute atomic E-state index is 14.3. The van der Waals surface area contributed by atoms with Crippen LogP contribution in [-0.4, -0.2) is 41.9 Å². The lowest BCUT2D eigenvalue weighted by molar-refractivity contribution is 0.0642. The van der Waals surface area contributed by atoms with Gasteiger partial charge in [-0.15, -0.1) is 0 Å². The minimum Gasteiger partial charge on any atom is -0.432 e. The molecule has 0 aromatic carbocycles. The largest absolute Gasteiger partial charge is 0.432 e. The molecule has 1 aliphatic heterocycles. The molecule has 0 bridgehead atoms. The van der Waals surface area contributed by atoms with E-state index in [1.807, 2.05) is 0 Å². The highest BCUT2D eigenvalue weighted by Gasteiger charge is 2.39. The van der Waals surface area contributed by atoms with Gasteiger partial charge in [0.25, 0.3) is 5.91 Å². The summed E-state index contributed by atoms with van der Waals surface area (Å²) in [6.07, 6.45) is 2.11. The van der Waals surface area contributed by atoms with Crippen molar-refractivity contribution in [3.8, 4) is 0 Å². The van der Waals surface area contributed by atoms with E-state index in [1.54, 1.807) is 36.4 Å². The minimum atomic E-state index is -1.82. The van der Waals surface area contributed by atoms with Gasteiger partial charge in [0.2, 0.25) is 17.6 Å². The highest BCUT2D eigenvalue weighted by Crippen LogP contribution is 2.35. The summed E-state index contributed by atoms with van der Waals surface area (Å²) >= 11 is 0. The van der Waals surface area contributed by atoms with E-state index < -0.39 is 23.6 Å². The molecule has 160 valence electrons. The lowest BCUT2D eigenvalue weighted by Gasteiger charge is -2.33. The van der Waals surface area contributed by atoms with Gasteiger partial charge < -0.3 is 14.3 Å². The zero-order valence-electron chi connectivity index (χ0n) is 17.2. The van der Waals surface area contributed by atoms with E-state index in [-0.39, 0.29) is 11.7 Å². The summed E-state index contributed by atoms with van der Waals surface area (Å²) in [5.74, 6) is -1.14. The first-order valence-electron chi connectivity index (χ1n) is 9.88. The number of alkyl halides is 1. The lowest BCUT2D eigenvalue weighted by atomic mass is 9.99. The second-order valence-electron chi connectivity index (χ2n) is 8.08. The predicted molar refractivity (Wildman–Crippen MR) is 106 cm³/mol. The molecule has 4 aromatic rings. The summed E-state index contributed by atoms with van der Waals surface area (Å²) in [5.41, 5.74) is 1.02. The number of imidazole rings is 1. The third kappa shape index (κ3) is 3.09. The van der Waals surface area contributed by atoms with E-state index in [0.717, 1.165) is 5.69 Å². The molecule has 4 aromatic heterocycles. The number of oxazole rings is 1. The quantitative estimate of drug-likeness (QED) is 0.507. The van der Waals surface area contributed by atoms with Crippen LogP contribution in [0.3, 0.4) is 0 Å². The summed E-state index contributed by atoms with van der Waals surface area (Å²) < 4.78 is 35.3. The van der Waals surface area contributed by atoms with E-state index in [4.69, 9.17) is 4.42 Å². The molecule has 0 saturated carbocycles. The fourth-order valence-electron chi connectivity index (χ4n) is 3.91. The van der Waals surface area contributed by atoms with Gasteiger partial charge in [-0.05, 0) is 39.0 Å². The van der Waals surface area contributed by atoms with Crippen molar-refractivity contribution in [2.45, 2.75) is 38.9 Å². The van der Waals surface area contributed by atoms with Crippen LogP contribution in [0.4, 0.5) is 8.78 Å². The first kappa shape index (κ1) is 19.4. The number of pyridine rings is 1. The number of aromatic amines is 1. The maximum atomic E-state index is 14.3. The molecule has 5 heterocycles. The number of hydrogen-bond acceptors (Lipinski definition) is 5. The van der Waals surface area contributed by atoms with Gasteiger partial charge >= 0.3 is 0 Å². The second kappa shape index (κ2) is 6.73. The number of H-pyrrole nitrogens is 1. The summed E-state index contributed by atoms with van der Waals surface area (Å²) in [5, 5.41) is 4.40.